The van der Waals surface area contributed by atoms with Crippen molar-refractivity contribution < 1.29 is 4.79 Å². The lowest BCUT2D eigenvalue weighted by Crippen LogP contribution is -2.36. The number of aromatic nitrogens is 1. The molecule has 3 heterocycles. The number of aliphatic imine (C=N–C) groups is 1. The maximum atomic E-state index is 12.3. The Bertz CT molecular complexity index is 865. The number of thiazole rings is 1. The van der Waals surface area contributed by atoms with Gasteiger partial charge in [0.05, 0.1) is 15.6 Å². The zero-order valence-electron chi connectivity index (χ0n) is 12.7. The third-order valence-corrected chi connectivity index (χ3v) is 5.14. The molecule has 0 bridgehead atoms. The molecule has 4 rings (SSSR count). The average Bonchev–Trinajstić information content (AvgIpc) is 2.92. The number of carbonyl (C=O) groups excluding carboxylic acids is 1. The Morgan fingerprint density at radius 2 is 2.13 bits per heavy atom. The van der Waals surface area contributed by atoms with Gasteiger partial charge in [0.2, 0.25) is 5.91 Å². The lowest BCUT2D eigenvalue weighted by molar-refractivity contribution is -0.126. The summed E-state index contributed by atoms with van der Waals surface area (Å²) in [6.45, 7) is 2.79. The molecule has 1 amide bonds. The lowest BCUT2D eigenvalue weighted by atomic mass is 9.91. The van der Waals surface area contributed by atoms with Crippen molar-refractivity contribution in [1.82, 2.24) is 9.88 Å². The summed E-state index contributed by atoms with van der Waals surface area (Å²) in [5, 5.41) is 1.05. The number of hydrogen-bond acceptors (Lipinski definition) is 5. The smallest absolute Gasteiger partial charge is 0.248 e. The van der Waals surface area contributed by atoms with Gasteiger partial charge in [0.1, 0.15) is 12.4 Å². The number of hydrogen-bond donors (Lipinski definition) is 1. The summed E-state index contributed by atoms with van der Waals surface area (Å²) in [4.78, 5) is 23.7. The highest BCUT2D eigenvalue weighted by Gasteiger charge is 2.29. The standard InChI is InChI=1S/C17H16N4OS/c1-10-19-8-15(23-10)13-4-2-3-12-11(13)5-6-21-14(12)7-16(18)20-9-17(21)22/h2-4,7-8H,5-6,9H2,1H3,(H2,18,20). The van der Waals surface area contributed by atoms with Crippen LogP contribution in [-0.2, 0) is 11.2 Å². The Morgan fingerprint density at radius 1 is 1.30 bits per heavy atom. The zero-order valence-corrected chi connectivity index (χ0v) is 13.6. The van der Waals surface area contributed by atoms with Crippen molar-refractivity contribution in [3.63, 3.8) is 0 Å². The van der Waals surface area contributed by atoms with Gasteiger partial charge >= 0.3 is 0 Å². The number of rotatable bonds is 1. The SMILES string of the molecule is Cc1ncc(-c2cccc3c2CCN2C(=O)CN=C(N)C=C32)s1. The number of nitrogens with zero attached hydrogens (tertiary/aromatic N) is 3. The fourth-order valence-corrected chi connectivity index (χ4v) is 3.98. The van der Waals surface area contributed by atoms with Crippen LogP contribution in [0.4, 0.5) is 0 Å². The van der Waals surface area contributed by atoms with E-state index in [2.05, 4.69) is 22.1 Å². The fraction of sp³-hybridized carbons (Fsp3) is 0.235. The van der Waals surface area contributed by atoms with E-state index in [1.165, 1.54) is 11.1 Å². The highest BCUT2D eigenvalue weighted by molar-refractivity contribution is 7.15. The van der Waals surface area contributed by atoms with Gasteiger partial charge in [-0.2, -0.15) is 0 Å². The third kappa shape index (κ3) is 2.35. The van der Waals surface area contributed by atoms with Crippen LogP contribution in [0, 0.1) is 6.92 Å². The normalized spacial score (nSPS) is 17.1. The van der Waals surface area contributed by atoms with Crippen LogP contribution in [-0.4, -0.2) is 34.7 Å². The first-order chi connectivity index (χ1) is 11.1. The van der Waals surface area contributed by atoms with E-state index in [0.29, 0.717) is 12.4 Å². The molecule has 0 aliphatic carbocycles. The van der Waals surface area contributed by atoms with Gasteiger partial charge in [0.15, 0.2) is 0 Å². The van der Waals surface area contributed by atoms with E-state index in [0.717, 1.165) is 27.6 Å². The van der Waals surface area contributed by atoms with E-state index in [1.807, 2.05) is 25.3 Å². The van der Waals surface area contributed by atoms with Gasteiger partial charge in [-0.25, -0.2) is 4.98 Å². The average molecular weight is 324 g/mol. The van der Waals surface area contributed by atoms with Crippen LogP contribution in [0.3, 0.4) is 0 Å². The number of benzene rings is 1. The molecule has 2 N–H and O–H groups in total. The van der Waals surface area contributed by atoms with Crippen LogP contribution in [0.2, 0.25) is 0 Å². The van der Waals surface area contributed by atoms with Gasteiger partial charge in [-0.3, -0.25) is 9.79 Å². The van der Waals surface area contributed by atoms with Crippen molar-refractivity contribution in [2.75, 3.05) is 13.1 Å². The predicted molar refractivity (Wildman–Crippen MR) is 92.2 cm³/mol. The summed E-state index contributed by atoms with van der Waals surface area (Å²) in [6, 6.07) is 6.20. The maximum absolute atomic E-state index is 12.3. The fourth-order valence-electron chi connectivity index (χ4n) is 3.15. The van der Waals surface area contributed by atoms with Gasteiger partial charge in [-0.15, -0.1) is 11.3 Å². The largest absolute Gasteiger partial charge is 0.384 e. The number of fused-ring (bicyclic) bond motifs is 3. The van der Waals surface area contributed by atoms with E-state index in [1.54, 1.807) is 16.2 Å². The molecule has 23 heavy (non-hydrogen) atoms. The third-order valence-electron chi connectivity index (χ3n) is 4.20. The van der Waals surface area contributed by atoms with Crippen molar-refractivity contribution in [1.29, 1.82) is 0 Å². The Balaban J connectivity index is 1.89. The number of amidine groups is 1. The molecule has 2 aliphatic heterocycles. The van der Waals surface area contributed by atoms with Crippen molar-refractivity contribution in [3.8, 4) is 10.4 Å². The Kier molecular flexibility index (Phi) is 3.27. The van der Waals surface area contributed by atoms with Crippen LogP contribution in [0.15, 0.2) is 35.5 Å². The molecule has 0 atom stereocenters. The van der Waals surface area contributed by atoms with Gasteiger partial charge in [0.25, 0.3) is 0 Å². The van der Waals surface area contributed by atoms with Gasteiger partial charge in [-0.05, 0) is 24.5 Å². The first-order valence-corrected chi connectivity index (χ1v) is 8.32. The summed E-state index contributed by atoms with van der Waals surface area (Å²) >= 11 is 1.69. The summed E-state index contributed by atoms with van der Waals surface area (Å²) in [5.41, 5.74) is 10.3. The second-order valence-corrected chi connectivity index (χ2v) is 6.88. The van der Waals surface area contributed by atoms with Crippen LogP contribution < -0.4 is 5.73 Å². The van der Waals surface area contributed by atoms with E-state index >= 15 is 0 Å². The van der Waals surface area contributed by atoms with Crippen LogP contribution in [0.25, 0.3) is 16.1 Å². The molecule has 6 heteroatoms. The number of aryl methyl sites for hydroxylation is 1. The van der Waals surface area contributed by atoms with Crippen molar-refractivity contribution in [2.24, 2.45) is 10.7 Å². The number of carbonyl (C=O) groups is 1. The van der Waals surface area contributed by atoms with Gasteiger partial charge in [-0.1, -0.05) is 18.2 Å². The van der Waals surface area contributed by atoms with E-state index < -0.39 is 0 Å². The molecule has 0 radical (unpaired) electrons. The maximum Gasteiger partial charge on any atom is 0.248 e. The topological polar surface area (TPSA) is 71.6 Å². The minimum Gasteiger partial charge on any atom is -0.384 e. The molecule has 0 spiro atoms. The number of amides is 1. The molecule has 2 aromatic rings. The first-order valence-electron chi connectivity index (χ1n) is 7.50. The van der Waals surface area contributed by atoms with Crippen LogP contribution >= 0.6 is 11.3 Å². The molecule has 2 aliphatic rings. The molecule has 116 valence electrons. The minimum absolute atomic E-state index is 0.00128. The summed E-state index contributed by atoms with van der Waals surface area (Å²) in [6.07, 6.45) is 4.56. The zero-order chi connectivity index (χ0) is 16.0. The van der Waals surface area contributed by atoms with Crippen molar-refractivity contribution >= 4 is 28.8 Å². The second-order valence-electron chi connectivity index (χ2n) is 5.64. The molecule has 0 saturated heterocycles. The van der Waals surface area contributed by atoms with Gasteiger partial charge < -0.3 is 10.6 Å². The molecular weight excluding hydrogens is 308 g/mol. The molecule has 0 saturated carbocycles. The Morgan fingerprint density at radius 3 is 2.91 bits per heavy atom. The minimum atomic E-state index is 0.00128. The molecule has 1 aromatic heterocycles. The number of nitrogens with two attached hydrogens (primary N) is 1. The Labute approximate surface area is 138 Å². The highest BCUT2D eigenvalue weighted by atomic mass is 32.1. The van der Waals surface area contributed by atoms with Gasteiger partial charge in [0, 0.05) is 24.4 Å². The molecule has 0 fully saturated rings. The van der Waals surface area contributed by atoms with Crippen molar-refractivity contribution in [3.05, 3.63) is 46.6 Å². The van der Waals surface area contributed by atoms with E-state index in [-0.39, 0.29) is 12.5 Å². The van der Waals surface area contributed by atoms with Crippen molar-refractivity contribution in [2.45, 2.75) is 13.3 Å². The Hall–Kier alpha value is -2.47. The highest BCUT2D eigenvalue weighted by Crippen LogP contribution is 2.37. The van der Waals surface area contributed by atoms with Crippen LogP contribution in [0.5, 0.6) is 0 Å². The second kappa shape index (κ2) is 5.31. The predicted octanol–water partition coefficient (Wildman–Crippen LogP) is 2.21. The first kappa shape index (κ1) is 14.1. The monoisotopic (exact) mass is 324 g/mol. The molecule has 0 unspecified atom stereocenters. The lowest BCUT2D eigenvalue weighted by Gasteiger charge is -2.31. The molecule has 5 nitrogen and oxygen atoms in total. The van der Waals surface area contributed by atoms with E-state index in [9.17, 15) is 4.79 Å². The van der Waals surface area contributed by atoms with Crippen LogP contribution in [0.1, 0.15) is 16.1 Å². The molecule has 1 aromatic carbocycles. The summed E-state index contributed by atoms with van der Waals surface area (Å²) in [7, 11) is 0. The molecular formula is C17H16N4OS. The summed E-state index contributed by atoms with van der Waals surface area (Å²) in [5.74, 6) is 0.407. The van der Waals surface area contributed by atoms with E-state index in [4.69, 9.17) is 5.73 Å². The quantitative estimate of drug-likeness (QED) is 0.874. The summed E-state index contributed by atoms with van der Waals surface area (Å²) < 4.78 is 0.